The summed E-state index contributed by atoms with van der Waals surface area (Å²) in [6.45, 7) is 6.06. The van der Waals surface area contributed by atoms with E-state index in [-0.39, 0.29) is 48.3 Å². The molecule has 0 saturated carbocycles. The summed E-state index contributed by atoms with van der Waals surface area (Å²) < 4.78 is 30.0. The SMILES string of the molecule is CCNC(=NCc1ccc(NC(=O)NC(C)C)cc1)NCc1cc(C)ccc1OC(F)F.I. The van der Waals surface area contributed by atoms with Crippen LogP contribution in [0, 0.1) is 6.92 Å². The summed E-state index contributed by atoms with van der Waals surface area (Å²) in [6.07, 6.45) is 0. The fraction of sp³-hybridized carbons (Fsp3) is 0.391. The molecular weight excluding hydrogens is 543 g/mol. The third kappa shape index (κ3) is 10.7. The van der Waals surface area contributed by atoms with E-state index in [1.807, 2.05) is 52.0 Å². The first-order valence-electron chi connectivity index (χ1n) is 10.5. The van der Waals surface area contributed by atoms with Crippen LogP contribution in [0.3, 0.4) is 0 Å². The number of hydrogen-bond acceptors (Lipinski definition) is 3. The minimum Gasteiger partial charge on any atom is -0.434 e. The quantitative estimate of drug-likeness (QED) is 0.193. The smallest absolute Gasteiger partial charge is 0.387 e. The first kappa shape index (κ1) is 28.4. The number of rotatable bonds is 9. The molecule has 0 spiro atoms. The highest BCUT2D eigenvalue weighted by Crippen LogP contribution is 2.22. The van der Waals surface area contributed by atoms with E-state index in [9.17, 15) is 13.6 Å². The van der Waals surface area contributed by atoms with E-state index in [1.165, 1.54) is 0 Å². The molecule has 0 heterocycles. The normalized spacial score (nSPS) is 11.1. The van der Waals surface area contributed by atoms with Gasteiger partial charge in [-0.2, -0.15) is 8.78 Å². The van der Waals surface area contributed by atoms with Gasteiger partial charge in [0.2, 0.25) is 0 Å². The van der Waals surface area contributed by atoms with Gasteiger partial charge in [0.25, 0.3) is 0 Å². The molecule has 0 bridgehead atoms. The Balaban J connectivity index is 0.00000544. The maximum absolute atomic E-state index is 12.7. The van der Waals surface area contributed by atoms with Gasteiger partial charge in [-0.05, 0) is 51.5 Å². The van der Waals surface area contributed by atoms with Gasteiger partial charge in [-0.3, -0.25) is 0 Å². The average Bonchev–Trinajstić information content (AvgIpc) is 2.72. The number of alkyl halides is 2. The van der Waals surface area contributed by atoms with Gasteiger partial charge in [0.15, 0.2) is 5.96 Å². The van der Waals surface area contributed by atoms with Gasteiger partial charge in [-0.1, -0.05) is 29.8 Å². The molecule has 0 aliphatic heterocycles. The van der Waals surface area contributed by atoms with Crippen molar-refractivity contribution >= 4 is 41.7 Å². The number of carbonyl (C=O) groups is 1. The lowest BCUT2D eigenvalue weighted by Gasteiger charge is -2.15. The van der Waals surface area contributed by atoms with Gasteiger partial charge in [-0.25, -0.2) is 9.79 Å². The second-order valence-corrected chi connectivity index (χ2v) is 7.49. The Morgan fingerprint density at radius 1 is 1.09 bits per heavy atom. The van der Waals surface area contributed by atoms with E-state index in [0.717, 1.165) is 11.1 Å². The van der Waals surface area contributed by atoms with E-state index < -0.39 is 6.61 Å². The summed E-state index contributed by atoms with van der Waals surface area (Å²) in [7, 11) is 0. The second-order valence-electron chi connectivity index (χ2n) is 7.49. The number of halogens is 3. The van der Waals surface area contributed by atoms with Crippen molar-refractivity contribution < 1.29 is 18.3 Å². The zero-order valence-corrected chi connectivity index (χ0v) is 21.6. The van der Waals surface area contributed by atoms with Crippen molar-refractivity contribution in [3.8, 4) is 5.75 Å². The highest BCUT2D eigenvalue weighted by atomic mass is 127. The van der Waals surface area contributed by atoms with Crippen LogP contribution in [0.2, 0.25) is 0 Å². The molecule has 0 aliphatic carbocycles. The Morgan fingerprint density at radius 2 is 1.79 bits per heavy atom. The van der Waals surface area contributed by atoms with Gasteiger partial charge in [-0.15, -0.1) is 24.0 Å². The lowest BCUT2D eigenvalue weighted by molar-refractivity contribution is -0.0504. The Hall–Kier alpha value is -2.63. The number of urea groups is 1. The number of guanidine groups is 1. The van der Waals surface area contributed by atoms with Crippen LogP contribution in [0.4, 0.5) is 19.3 Å². The lowest BCUT2D eigenvalue weighted by atomic mass is 10.1. The summed E-state index contributed by atoms with van der Waals surface area (Å²) in [5, 5.41) is 11.8. The Morgan fingerprint density at radius 3 is 2.39 bits per heavy atom. The Kier molecular flexibility index (Phi) is 12.5. The first-order chi connectivity index (χ1) is 15.3. The Labute approximate surface area is 210 Å². The number of amides is 2. The van der Waals surface area contributed by atoms with Gasteiger partial charge in [0.1, 0.15) is 5.75 Å². The minimum absolute atomic E-state index is 0. The molecule has 2 rings (SSSR count). The number of nitrogens with one attached hydrogen (secondary N) is 4. The van der Waals surface area contributed by atoms with Crippen molar-refractivity contribution in [2.24, 2.45) is 4.99 Å². The predicted octanol–water partition coefficient (Wildman–Crippen LogP) is 5.00. The van der Waals surface area contributed by atoms with Crippen molar-refractivity contribution in [2.75, 3.05) is 11.9 Å². The van der Waals surface area contributed by atoms with Crippen molar-refractivity contribution in [1.29, 1.82) is 0 Å². The number of nitrogens with zero attached hydrogens (tertiary/aromatic N) is 1. The van der Waals surface area contributed by atoms with Crippen molar-refractivity contribution in [1.82, 2.24) is 16.0 Å². The zero-order valence-electron chi connectivity index (χ0n) is 19.2. The topological polar surface area (TPSA) is 86.8 Å². The van der Waals surface area contributed by atoms with Gasteiger partial charge < -0.3 is 26.0 Å². The molecule has 4 N–H and O–H groups in total. The van der Waals surface area contributed by atoms with Crippen LogP contribution in [0.25, 0.3) is 0 Å². The summed E-state index contributed by atoms with van der Waals surface area (Å²) in [6, 6.07) is 12.3. The van der Waals surface area contributed by atoms with E-state index in [1.54, 1.807) is 18.2 Å². The molecule has 33 heavy (non-hydrogen) atoms. The third-order valence-corrected chi connectivity index (χ3v) is 4.27. The van der Waals surface area contributed by atoms with E-state index in [0.29, 0.717) is 30.3 Å². The van der Waals surface area contributed by atoms with Crippen molar-refractivity contribution in [2.45, 2.75) is 53.4 Å². The van der Waals surface area contributed by atoms with Gasteiger partial charge >= 0.3 is 12.6 Å². The standard InChI is InChI=1S/C23H31F2N5O2.HI/c1-5-26-22(28-14-18-12-16(4)6-11-20(18)32-21(24)25)27-13-17-7-9-19(10-8-17)30-23(31)29-15(2)3;/h6-12,15,21H,5,13-14H2,1-4H3,(H2,26,27,28)(H2,29,30,31);1H. The number of aryl methyl sites for hydroxylation is 1. The van der Waals surface area contributed by atoms with Crippen LogP contribution in [0.15, 0.2) is 47.5 Å². The highest BCUT2D eigenvalue weighted by molar-refractivity contribution is 14.0. The maximum atomic E-state index is 12.7. The molecule has 0 aromatic heterocycles. The molecule has 0 fully saturated rings. The largest absolute Gasteiger partial charge is 0.434 e. The van der Waals surface area contributed by atoms with Crippen LogP contribution < -0.4 is 26.0 Å². The molecule has 0 unspecified atom stereocenters. The van der Waals surface area contributed by atoms with E-state index in [4.69, 9.17) is 0 Å². The van der Waals surface area contributed by atoms with Crippen LogP contribution in [0.1, 0.15) is 37.5 Å². The molecule has 10 heteroatoms. The van der Waals surface area contributed by atoms with E-state index in [2.05, 4.69) is 31.0 Å². The molecule has 2 aromatic carbocycles. The molecule has 2 amide bonds. The number of carbonyl (C=O) groups excluding carboxylic acids is 1. The molecule has 182 valence electrons. The maximum Gasteiger partial charge on any atom is 0.387 e. The molecule has 0 aliphatic rings. The number of benzene rings is 2. The predicted molar refractivity (Wildman–Crippen MR) is 139 cm³/mol. The monoisotopic (exact) mass is 575 g/mol. The van der Waals surface area contributed by atoms with Crippen LogP contribution >= 0.6 is 24.0 Å². The minimum atomic E-state index is -2.88. The van der Waals surface area contributed by atoms with Gasteiger partial charge in [0, 0.05) is 30.4 Å². The molecule has 0 atom stereocenters. The fourth-order valence-electron chi connectivity index (χ4n) is 2.87. The Bertz CT molecular complexity index is 908. The molecule has 0 saturated heterocycles. The van der Waals surface area contributed by atoms with Crippen molar-refractivity contribution in [3.63, 3.8) is 0 Å². The molecular formula is C23H32F2IN5O2. The third-order valence-electron chi connectivity index (χ3n) is 4.27. The zero-order chi connectivity index (χ0) is 23.5. The second kappa shape index (κ2) is 14.5. The lowest BCUT2D eigenvalue weighted by Crippen LogP contribution is -2.37. The van der Waals surface area contributed by atoms with Crippen LogP contribution in [-0.2, 0) is 13.1 Å². The molecule has 0 radical (unpaired) electrons. The summed E-state index contributed by atoms with van der Waals surface area (Å²) in [5.41, 5.74) is 3.20. The van der Waals surface area contributed by atoms with Crippen LogP contribution in [0.5, 0.6) is 5.75 Å². The number of anilines is 1. The fourth-order valence-corrected chi connectivity index (χ4v) is 2.87. The van der Waals surface area contributed by atoms with Crippen molar-refractivity contribution in [3.05, 3.63) is 59.2 Å². The highest BCUT2D eigenvalue weighted by Gasteiger charge is 2.10. The summed E-state index contributed by atoms with van der Waals surface area (Å²) in [4.78, 5) is 16.3. The molecule has 2 aromatic rings. The summed E-state index contributed by atoms with van der Waals surface area (Å²) >= 11 is 0. The first-order valence-corrected chi connectivity index (χ1v) is 10.5. The van der Waals surface area contributed by atoms with E-state index >= 15 is 0 Å². The summed E-state index contributed by atoms with van der Waals surface area (Å²) in [5.74, 6) is 0.689. The van der Waals surface area contributed by atoms with Gasteiger partial charge in [0.05, 0.1) is 6.54 Å². The van der Waals surface area contributed by atoms with Crippen LogP contribution in [-0.4, -0.2) is 31.2 Å². The average molecular weight is 575 g/mol. The number of aliphatic imine (C=N–C) groups is 1. The molecule has 7 nitrogen and oxygen atoms in total. The number of ether oxygens (including phenoxy) is 1. The number of hydrogen-bond donors (Lipinski definition) is 4.